The standard InChI is InChI=1S/C18H12F5N3O.C6H7ClFN3O/c1-26-8-11(16(25-26)17(22)23)18(27)24-15-5-3-2-4-9(15)10-6-13(20)14(21)7-12(10)19;1-11-2-3(6(9)12)4(10-11)5(7)8/h2-8,17H,1H3,(H,24,27);2,5H,1H3,(H2,9,12). The first kappa shape index (κ1) is 29.2. The second-order valence-electron chi connectivity index (χ2n) is 7.91. The number of nitrogens with zero attached hydrogens (tertiary/aromatic N) is 4. The summed E-state index contributed by atoms with van der Waals surface area (Å²) in [6.07, 6.45) is -0.518. The number of benzene rings is 2. The van der Waals surface area contributed by atoms with Crippen molar-refractivity contribution in [3.8, 4) is 11.1 Å². The molecule has 3 N–H and O–H groups in total. The van der Waals surface area contributed by atoms with Gasteiger partial charge < -0.3 is 11.1 Å². The van der Waals surface area contributed by atoms with Crippen molar-refractivity contribution in [3.63, 3.8) is 0 Å². The van der Waals surface area contributed by atoms with Crippen LogP contribution in [-0.2, 0) is 14.1 Å². The Morgan fingerprint density at radius 2 is 1.44 bits per heavy atom. The summed E-state index contributed by atoms with van der Waals surface area (Å²) >= 11 is 5.12. The molecular weight excluding hydrogens is 554 g/mol. The topological polar surface area (TPSA) is 108 Å². The number of rotatable bonds is 6. The summed E-state index contributed by atoms with van der Waals surface area (Å²) in [7, 11) is 2.93. The van der Waals surface area contributed by atoms with Crippen LogP contribution in [0.3, 0.4) is 0 Å². The Morgan fingerprint density at radius 3 is 2.00 bits per heavy atom. The smallest absolute Gasteiger partial charge is 0.282 e. The maximum Gasteiger partial charge on any atom is 0.282 e. The summed E-state index contributed by atoms with van der Waals surface area (Å²) in [5, 5.41) is 9.57. The Morgan fingerprint density at radius 1 is 0.872 bits per heavy atom. The van der Waals surface area contributed by atoms with Gasteiger partial charge in [0.15, 0.2) is 11.6 Å². The zero-order chi connectivity index (χ0) is 29.0. The Balaban J connectivity index is 0.000000293. The summed E-state index contributed by atoms with van der Waals surface area (Å²) < 4.78 is 81.8. The quantitative estimate of drug-likeness (QED) is 0.183. The molecule has 8 nitrogen and oxygen atoms in total. The van der Waals surface area contributed by atoms with Crippen molar-refractivity contribution in [2.45, 2.75) is 12.1 Å². The lowest BCUT2D eigenvalue weighted by Crippen LogP contribution is -2.14. The molecule has 39 heavy (non-hydrogen) atoms. The molecule has 0 aliphatic rings. The minimum atomic E-state index is -2.97. The number of hydrogen-bond acceptors (Lipinski definition) is 4. The molecule has 2 heterocycles. The van der Waals surface area contributed by atoms with Crippen LogP contribution in [0.4, 0.5) is 32.0 Å². The number of halogens is 7. The van der Waals surface area contributed by atoms with Crippen LogP contribution >= 0.6 is 11.6 Å². The lowest BCUT2D eigenvalue weighted by molar-refractivity contribution is 0.0994. The van der Waals surface area contributed by atoms with Crippen LogP contribution in [0, 0.1) is 17.5 Å². The lowest BCUT2D eigenvalue weighted by atomic mass is 10.0. The van der Waals surface area contributed by atoms with Crippen LogP contribution in [-0.4, -0.2) is 31.4 Å². The molecule has 4 aromatic rings. The molecule has 15 heteroatoms. The van der Waals surface area contributed by atoms with E-state index in [4.69, 9.17) is 17.3 Å². The number of para-hydroxylation sites is 1. The first-order valence-electron chi connectivity index (χ1n) is 10.8. The molecule has 1 atom stereocenters. The van der Waals surface area contributed by atoms with E-state index in [1.54, 1.807) is 7.05 Å². The lowest BCUT2D eigenvalue weighted by Gasteiger charge is -2.12. The van der Waals surface area contributed by atoms with Crippen molar-refractivity contribution in [1.82, 2.24) is 19.6 Å². The van der Waals surface area contributed by atoms with Crippen molar-refractivity contribution in [1.29, 1.82) is 0 Å². The monoisotopic (exact) mass is 572 g/mol. The van der Waals surface area contributed by atoms with E-state index in [0.717, 1.165) is 10.9 Å². The van der Waals surface area contributed by atoms with E-state index in [1.807, 2.05) is 0 Å². The van der Waals surface area contributed by atoms with Crippen molar-refractivity contribution in [3.05, 3.63) is 88.8 Å². The highest BCUT2D eigenvalue weighted by atomic mass is 35.5. The third kappa shape index (κ3) is 6.76. The Hall–Kier alpha value is -4.33. The van der Waals surface area contributed by atoms with Gasteiger partial charge in [-0.05, 0) is 12.1 Å². The van der Waals surface area contributed by atoms with Gasteiger partial charge in [0, 0.05) is 49.4 Å². The maximum atomic E-state index is 14.1. The van der Waals surface area contributed by atoms with Crippen molar-refractivity contribution < 1.29 is 35.9 Å². The van der Waals surface area contributed by atoms with E-state index >= 15 is 0 Å². The summed E-state index contributed by atoms with van der Waals surface area (Å²) in [5.74, 6) is -5.28. The molecule has 2 amide bonds. The molecule has 0 fully saturated rings. The number of nitrogens with two attached hydrogens (primary N) is 1. The molecule has 0 saturated carbocycles. The SMILES string of the molecule is Cn1cc(C(=O)Nc2ccccc2-c2cc(F)c(F)cc2F)c(C(F)F)n1.Cn1cc(C(N)=O)c(C(F)Cl)n1. The molecule has 2 aromatic carbocycles. The normalized spacial score (nSPS) is 11.6. The largest absolute Gasteiger partial charge is 0.365 e. The van der Waals surface area contributed by atoms with Crippen LogP contribution in [0.25, 0.3) is 11.1 Å². The molecule has 0 aliphatic carbocycles. The van der Waals surface area contributed by atoms with Gasteiger partial charge >= 0.3 is 0 Å². The third-order valence-corrected chi connectivity index (χ3v) is 5.32. The molecule has 0 saturated heterocycles. The van der Waals surface area contributed by atoms with Crippen LogP contribution in [0.2, 0.25) is 0 Å². The number of aromatic nitrogens is 4. The summed E-state index contributed by atoms with van der Waals surface area (Å²) in [4.78, 5) is 23.1. The number of amides is 2. The first-order valence-corrected chi connectivity index (χ1v) is 11.2. The molecule has 2 aromatic heterocycles. The highest BCUT2D eigenvalue weighted by molar-refractivity contribution is 6.20. The molecule has 0 spiro atoms. The summed E-state index contributed by atoms with van der Waals surface area (Å²) in [6, 6.07) is 6.81. The molecule has 0 aliphatic heterocycles. The van der Waals surface area contributed by atoms with E-state index in [0.29, 0.717) is 12.1 Å². The van der Waals surface area contributed by atoms with Crippen LogP contribution in [0.1, 0.15) is 44.2 Å². The number of hydrogen-bond donors (Lipinski definition) is 2. The van der Waals surface area contributed by atoms with Crippen molar-refractivity contribution >= 4 is 29.1 Å². The van der Waals surface area contributed by atoms with Gasteiger partial charge in [-0.3, -0.25) is 19.0 Å². The van der Waals surface area contributed by atoms with Gasteiger partial charge in [0.1, 0.15) is 17.2 Å². The van der Waals surface area contributed by atoms with Crippen molar-refractivity contribution in [2.24, 2.45) is 19.8 Å². The van der Waals surface area contributed by atoms with E-state index in [2.05, 4.69) is 15.5 Å². The fraction of sp³-hybridized carbons (Fsp3) is 0.167. The zero-order valence-corrected chi connectivity index (χ0v) is 20.9. The predicted octanol–water partition coefficient (Wildman–Crippen LogP) is 5.42. The maximum absolute atomic E-state index is 14.1. The highest BCUT2D eigenvalue weighted by Crippen LogP contribution is 2.32. The fourth-order valence-corrected chi connectivity index (χ4v) is 3.61. The second-order valence-corrected chi connectivity index (χ2v) is 8.30. The fourth-order valence-electron chi connectivity index (χ4n) is 3.44. The molecule has 4 rings (SSSR count). The van der Waals surface area contributed by atoms with Crippen LogP contribution < -0.4 is 11.1 Å². The van der Waals surface area contributed by atoms with Gasteiger partial charge in [-0.15, -0.1) is 0 Å². The molecule has 1 unspecified atom stereocenters. The van der Waals surface area contributed by atoms with E-state index in [1.165, 1.54) is 42.2 Å². The number of aryl methyl sites for hydroxylation is 2. The average molecular weight is 573 g/mol. The van der Waals surface area contributed by atoms with Gasteiger partial charge in [0.05, 0.1) is 11.1 Å². The van der Waals surface area contributed by atoms with E-state index < -0.39 is 47.0 Å². The van der Waals surface area contributed by atoms with Crippen LogP contribution in [0.15, 0.2) is 48.8 Å². The van der Waals surface area contributed by atoms with Gasteiger partial charge in [0.25, 0.3) is 18.2 Å². The Bertz CT molecular complexity index is 1520. The van der Waals surface area contributed by atoms with E-state index in [9.17, 15) is 35.9 Å². The zero-order valence-electron chi connectivity index (χ0n) is 20.1. The Kier molecular flexibility index (Phi) is 9.01. The number of primary amides is 1. The molecule has 206 valence electrons. The number of carbonyl (C=O) groups is 2. The predicted molar refractivity (Wildman–Crippen MR) is 129 cm³/mol. The summed E-state index contributed by atoms with van der Waals surface area (Å²) in [6.45, 7) is 0. The molecular formula is C24H19ClF6N6O2. The van der Waals surface area contributed by atoms with Crippen molar-refractivity contribution in [2.75, 3.05) is 5.32 Å². The van der Waals surface area contributed by atoms with E-state index in [-0.39, 0.29) is 33.6 Å². The van der Waals surface area contributed by atoms with Gasteiger partial charge in [0.2, 0.25) is 5.63 Å². The third-order valence-electron chi connectivity index (χ3n) is 5.11. The average Bonchev–Trinajstić information content (AvgIpc) is 3.46. The first-order chi connectivity index (χ1) is 18.3. The number of nitrogens with one attached hydrogen (secondary N) is 1. The number of carbonyl (C=O) groups excluding carboxylic acids is 2. The number of alkyl halides is 4. The van der Waals surface area contributed by atoms with Gasteiger partial charge in [-0.25, -0.2) is 26.3 Å². The minimum Gasteiger partial charge on any atom is -0.365 e. The minimum absolute atomic E-state index is 0.0139. The number of anilines is 1. The molecule has 0 radical (unpaired) electrons. The Labute approximate surface area is 222 Å². The highest BCUT2D eigenvalue weighted by Gasteiger charge is 2.24. The second kappa shape index (κ2) is 12.0. The van der Waals surface area contributed by atoms with Crippen LogP contribution in [0.5, 0.6) is 0 Å². The van der Waals surface area contributed by atoms with Gasteiger partial charge in [-0.1, -0.05) is 29.8 Å². The van der Waals surface area contributed by atoms with Gasteiger partial charge in [-0.2, -0.15) is 10.2 Å². The summed E-state index contributed by atoms with van der Waals surface area (Å²) in [5.41, 5.74) is 1.79. The molecule has 0 bridgehead atoms.